The van der Waals surface area contributed by atoms with Gasteiger partial charge in [0.25, 0.3) is 0 Å². The number of aromatic amines is 1. The standard InChI is InChI=1S/C23H28N8/c1-3-5-6-14-31-22(25-21(28-31)7-4-2)15-17-8-10-18(11-9-17)20-16-24-13-12-19(20)23-26-29-30-27-23/h8-13,16H,3-7,14-15H2,1-2H3,(H,26,27,29,30). The molecule has 1 N–H and O–H groups in total. The van der Waals surface area contributed by atoms with Crippen molar-refractivity contribution in [2.45, 2.75) is 58.9 Å². The van der Waals surface area contributed by atoms with E-state index in [4.69, 9.17) is 10.1 Å². The Morgan fingerprint density at radius 2 is 1.84 bits per heavy atom. The average Bonchev–Trinajstić information content (AvgIpc) is 3.46. The van der Waals surface area contributed by atoms with E-state index in [1.807, 2.05) is 12.3 Å². The van der Waals surface area contributed by atoms with Crippen LogP contribution >= 0.6 is 0 Å². The number of unbranched alkanes of at least 4 members (excludes halogenated alkanes) is 2. The summed E-state index contributed by atoms with van der Waals surface area (Å²) in [5, 5.41) is 19.0. The fourth-order valence-corrected chi connectivity index (χ4v) is 3.67. The molecule has 0 saturated carbocycles. The van der Waals surface area contributed by atoms with E-state index in [9.17, 15) is 0 Å². The van der Waals surface area contributed by atoms with Crippen LogP contribution in [0.1, 0.15) is 56.7 Å². The van der Waals surface area contributed by atoms with E-state index in [-0.39, 0.29) is 0 Å². The SMILES string of the molecule is CCCCCn1nc(CCC)nc1Cc1ccc(-c2cnccc2-c2nnn[nH]2)cc1. The maximum absolute atomic E-state index is 4.82. The molecule has 31 heavy (non-hydrogen) atoms. The van der Waals surface area contributed by atoms with Crippen molar-refractivity contribution in [1.82, 2.24) is 40.4 Å². The summed E-state index contributed by atoms with van der Waals surface area (Å²) in [4.78, 5) is 9.10. The summed E-state index contributed by atoms with van der Waals surface area (Å²) >= 11 is 0. The second kappa shape index (κ2) is 10.1. The Labute approximate surface area is 182 Å². The van der Waals surface area contributed by atoms with Gasteiger partial charge in [0, 0.05) is 42.9 Å². The van der Waals surface area contributed by atoms with Crippen LogP contribution in [0.2, 0.25) is 0 Å². The molecule has 8 heteroatoms. The van der Waals surface area contributed by atoms with Crippen molar-refractivity contribution in [3.05, 3.63) is 59.9 Å². The van der Waals surface area contributed by atoms with Crippen LogP contribution in [0.3, 0.4) is 0 Å². The van der Waals surface area contributed by atoms with E-state index in [0.29, 0.717) is 5.82 Å². The largest absolute Gasteiger partial charge is 0.264 e. The summed E-state index contributed by atoms with van der Waals surface area (Å²) in [6.45, 7) is 5.32. The maximum atomic E-state index is 4.82. The Bertz CT molecular complexity index is 1080. The number of hydrogen-bond acceptors (Lipinski definition) is 6. The third-order valence-corrected chi connectivity index (χ3v) is 5.29. The normalized spacial score (nSPS) is 11.2. The summed E-state index contributed by atoms with van der Waals surface area (Å²) in [7, 11) is 0. The minimum atomic E-state index is 0.630. The molecule has 1 aromatic carbocycles. The fraction of sp³-hybridized carbons (Fsp3) is 0.391. The van der Waals surface area contributed by atoms with Crippen LogP contribution < -0.4 is 0 Å². The molecule has 4 rings (SSSR count). The molecule has 0 radical (unpaired) electrons. The van der Waals surface area contributed by atoms with Crippen molar-refractivity contribution in [2.24, 2.45) is 0 Å². The Kier molecular flexibility index (Phi) is 6.76. The molecule has 3 heterocycles. The van der Waals surface area contributed by atoms with Crippen LogP contribution in [0.15, 0.2) is 42.7 Å². The lowest BCUT2D eigenvalue weighted by Gasteiger charge is -2.09. The molecule has 0 bridgehead atoms. The maximum Gasteiger partial charge on any atom is 0.180 e. The molecule has 0 spiro atoms. The summed E-state index contributed by atoms with van der Waals surface area (Å²) in [6.07, 6.45) is 9.89. The van der Waals surface area contributed by atoms with Crippen LogP contribution in [-0.4, -0.2) is 40.4 Å². The lowest BCUT2D eigenvalue weighted by Crippen LogP contribution is -2.07. The summed E-state index contributed by atoms with van der Waals surface area (Å²) in [5.41, 5.74) is 4.19. The predicted octanol–water partition coefficient (Wildman–Crippen LogP) is 4.25. The van der Waals surface area contributed by atoms with Crippen molar-refractivity contribution < 1.29 is 0 Å². The van der Waals surface area contributed by atoms with Crippen molar-refractivity contribution in [1.29, 1.82) is 0 Å². The minimum Gasteiger partial charge on any atom is -0.264 e. The molecule has 4 aromatic rings. The molecular weight excluding hydrogens is 388 g/mol. The topological polar surface area (TPSA) is 98.1 Å². The van der Waals surface area contributed by atoms with E-state index in [1.54, 1.807) is 6.20 Å². The lowest BCUT2D eigenvalue weighted by molar-refractivity contribution is 0.531. The smallest absolute Gasteiger partial charge is 0.180 e. The zero-order valence-corrected chi connectivity index (χ0v) is 18.1. The molecule has 0 saturated heterocycles. The van der Waals surface area contributed by atoms with Crippen molar-refractivity contribution in [2.75, 3.05) is 0 Å². The zero-order valence-electron chi connectivity index (χ0n) is 18.1. The summed E-state index contributed by atoms with van der Waals surface area (Å²) in [6, 6.07) is 10.4. The van der Waals surface area contributed by atoms with Crippen molar-refractivity contribution >= 4 is 0 Å². The number of tetrazole rings is 1. The van der Waals surface area contributed by atoms with E-state index in [0.717, 1.165) is 60.6 Å². The lowest BCUT2D eigenvalue weighted by atomic mass is 9.99. The number of nitrogens with one attached hydrogen (secondary N) is 1. The van der Waals surface area contributed by atoms with Crippen LogP contribution in [0, 0.1) is 0 Å². The first-order chi connectivity index (χ1) is 15.3. The van der Waals surface area contributed by atoms with Crippen molar-refractivity contribution in [3.8, 4) is 22.5 Å². The van der Waals surface area contributed by atoms with Gasteiger partial charge in [-0.3, -0.25) is 4.98 Å². The van der Waals surface area contributed by atoms with Gasteiger partial charge in [-0.15, -0.1) is 5.10 Å². The molecule has 3 aromatic heterocycles. The van der Waals surface area contributed by atoms with E-state index in [2.05, 4.69) is 68.4 Å². The number of rotatable bonds is 10. The average molecular weight is 417 g/mol. The number of H-pyrrole nitrogens is 1. The highest BCUT2D eigenvalue weighted by atomic mass is 15.5. The van der Waals surface area contributed by atoms with Gasteiger partial charge in [0.1, 0.15) is 5.82 Å². The van der Waals surface area contributed by atoms with Gasteiger partial charge in [0.05, 0.1) is 0 Å². The quantitative estimate of drug-likeness (QED) is 0.388. The van der Waals surface area contributed by atoms with Gasteiger partial charge in [0.2, 0.25) is 0 Å². The fourth-order valence-electron chi connectivity index (χ4n) is 3.67. The molecule has 0 aliphatic rings. The van der Waals surface area contributed by atoms with Gasteiger partial charge < -0.3 is 0 Å². The second-order valence-electron chi connectivity index (χ2n) is 7.67. The number of aryl methyl sites for hydroxylation is 2. The molecule has 8 nitrogen and oxygen atoms in total. The summed E-state index contributed by atoms with van der Waals surface area (Å²) < 4.78 is 2.10. The Morgan fingerprint density at radius 3 is 2.58 bits per heavy atom. The van der Waals surface area contributed by atoms with Gasteiger partial charge in [-0.25, -0.2) is 14.8 Å². The highest BCUT2D eigenvalue weighted by Gasteiger charge is 2.13. The highest BCUT2D eigenvalue weighted by Crippen LogP contribution is 2.29. The van der Waals surface area contributed by atoms with Gasteiger partial charge in [-0.05, 0) is 40.5 Å². The minimum absolute atomic E-state index is 0.630. The predicted molar refractivity (Wildman–Crippen MR) is 119 cm³/mol. The van der Waals surface area contributed by atoms with Crippen LogP contribution in [0.25, 0.3) is 22.5 Å². The third kappa shape index (κ3) is 5.02. The van der Waals surface area contributed by atoms with E-state index >= 15 is 0 Å². The molecule has 160 valence electrons. The Hall–Kier alpha value is -3.42. The van der Waals surface area contributed by atoms with E-state index < -0.39 is 0 Å². The van der Waals surface area contributed by atoms with Crippen LogP contribution in [0.4, 0.5) is 0 Å². The molecule has 0 fully saturated rings. The highest BCUT2D eigenvalue weighted by molar-refractivity contribution is 5.79. The number of aromatic nitrogens is 8. The van der Waals surface area contributed by atoms with Crippen LogP contribution in [0.5, 0.6) is 0 Å². The Morgan fingerprint density at radius 1 is 0.968 bits per heavy atom. The molecule has 0 aliphatic carbocycles. The molecule has 0 aliphatic heterocycles. The molecule has 0 amide bonds. The number of hydrogen-bond donors (Lipinski definition) is 1. The molecule has 0 atom stereocenters. The second-order valence-corrected chi connectivity index (χ2v) is 7.67. The number of pyridine rings is 1. The van der Waals surface area contributed by atoms with Crippen LogP contribution in [-0.2, 0) is 19.4 Å². The summed E-state index contributed by atoms with van der Waals surface area (Å²) in [5.74, 6) is 2.62. The number of nitrogens with zero attached hydrogens (tertiary/aromatic N) is 7. The monoisotopic (exact) mass is 416 g/mol. The zero-order chi connectivity index (χ0) is 21.5. The molecule has 0 unspecified atom stereocenters. The Balaban J connectivity index is 1.55. The third-order valence-electron chi connectivity index (χ3n) is 5.29. The number of benzene rings is 1. The van der Waals surface area contributed by atoms with Gasteiger partial charge in [-0.1, -0.05) is 51.0 Å². The first-order valence-electron chi connectivity index (χ1n) is 11.0. The van der Waals surface area contributed by atoms with Gasteiger partial charge in [0.15, 0.2) is 11.6 Å². The first kappa shape index (κ1) is 20.8. The van der Waals surface area contributed by atoms with Gasteiger partial charge >= 0.3 is 0 Å². The van der Waals surface area contributed by atoms with Crippen molar-refractivity contribution in [3.63, 3.8) is 0 Å². The molecular formula is C23H28N8. The van der Waals surface area contributed by atoms with E-state index in [1.165, 1.54) is 18.4 Å². The first-order valence-corrected chi connectivity index (χ1v) is 11.0. The van der Waals surface area contributed by atoms with Gasteiger partial charge in [-0.2, -0.15) is 5.10 Å².